The van der Waals surface area contributed by atoms with Crippen LogP contribution in [0.2, 0.25) is 0 Å². The summed E-state index contributed by atoms with van der Waals surface area (Å²) in [6, 6.07) is 13.1. The molecule has 3 rings (SSSR count). The van der Waals surface area contributed by atoms with Crippen molar-refractivity contribution in [3.8, 4) is 0 Å². The Hall–Kier alpha value is -2.40. The van der Waals surface area contributed by atoms with Crippen molar-refractivity contribution in [2.75, 3.05) is 5.32 Å². The Morgan fingerprint density at radius 1 is 1.25 bits per heavy atom. The Bertz CT molecular complexity index is 795. The molecule has 0 aliphatic rings. The Morgan fingerprint density at radius 2 is 2.05 bits per heavy atom. The molecule has 3 aromatic rings. The third kappa shape index (κ3) is 2.23. The van der Waals surface area contributed by atoms with Crippen LogP contribution in [0.25, 0.3) is 10.9 Å². The summed E-state index contributed by atoms with van der Waals surface area (Å²) in [5.74, 6) is -0.905. The maximum atomic E-state index is 11.0. The summed E-state index contributed by atoms with van der Waals surface area (Å²) in [6.07, 6.45) is 0. The van der Waals surface area contributed by atoms with E-state index in [4.69, 9.17) is 5.11 Å². The molecule has 0 aliphatic heterocycles. The Balaban J connectivity index is 1.95. The molecular formula is C15H12N2O2S. The Labute approximate surface area is 119 Å². The van der Waals surface area contributed by atoms with Crippen LogP contribution in [0.15, 0.2) is 42.5 Å². The van der Waals surface area contributed by atoms with E-state index in [1.807, 2.05) is 30.3 Å². The molecule has 2 N–H and O–H groups in total. The topological polar surface area (TPSA) is 62.2 Å². The zero-order valence-electron chi connectivity index (χ0n) is 10.8. The van der Waals surface area contributed by atoms with Gasteiger partial charge in [0.25, 0.3) is 0 Å². The van der Waals surface area contributed by atoms with Gasteiger partial charge < -0.3 is 10.4 Å². The van der Waals surface area contributed by atoms with Crippen molar-refractivity contribution in [1.29, 1.82) is 0 Å². The first-order chi connectivity index (χ1) is 9.65. The molecule has 0 atom stereocenters. The highest BCUT2D eigenvalue weighted by atomic mass is 32.1. The molecule has 0 radical (unpaired) electrons. The number of benzene rings is 2. The van der Waals surface area contributed by atoms with Gasteiger partial charge in [0.15, 0.2) is 0 Å². The van der Waals surface area contributed by atoms with Gasteiger partial charge in [-0.15, -0.1) is 0 Å². The van der Waals surface area contributed by atoms with Gasteiger partial charge in [-0.2, -0.15) is 4.37 Å². The standard InChI is InChI=1S/C15H12N2O2S/c1-9-8-10(6-7-11(9)15(18)19)16-14-12-4-2-3-5-13(12)17-20-14/h2-8,16H,1H3,(H,18,19). The quantitative estimate of drug-likeness (QED) is 0.761. The molecule has 0 saturated carbocycles. The highest BCUT2D eigenvalue weighted by molar-refractivity contribution is 7.11. The van der Waals surface area contributed by atoms with Crippen molar-refractivity contribution in [3.05, 3.63) is 53.6 Å². The number of aromatic carboxylic acids is 1. The van der Waals surface area contributed by atoms with Crippen molar-refractivity contribution in [2.45, 2.75) is 6.92 Å². The Kier molecular flexibility index (Phi) is 3.12. The van der Waals surface area contributed by atoms with Crippen LogP contribution in [-0.4, -0.2) is 15.4 Å². The summed E-state index contributed by atoms with van der Waals surface area (Å²) in [7, 11) is 0. The largest absolute Gasteiger partial charge is 0.478 e. The lowest BCUT2D eigenvalue weighted by molar-refractivity contribution is 0.0696. The lowest BCUT2D eigenvalue weighted by Gasteiger charge is -2.07. The van der Waals surface area contributed by atoms with Gasteiger partial charge in [-0.3, -0.25) is 0 Å². The van der Waals surface area contributed by atoms with E-state index in [0.29, 0.717) is 5.56 Å². The smallest absolute Gasteiger partial charge is 0.335 e. The zero-order valence-corrected chi connectivity index (χ0v) is 11.6. The lowest BCUT2D eigenvalue weighted by atomic mass is 10.1. The number of rotatable bonds is 3. The molecule has 0 spiro atoms. The number of carbonyl (C=O) groups is 1. The van der Waals surface area contributed by atoms with Gasteiger partial charge >= 0.3 is 5.97 Å². The van der Waals surface area contributed by atoms with Gasteiger partial charge in [-0.05, 0) is 54.4 Å². The fourth-order valence-electron chi connectivity index (χ4n) is 2.09. The number of nitrogens with zero attached hydrogens (tertiary/aromatic N) is 1. The van der Waals surface area contributed by atoms with Crippen LogP contribution < -0.4 is 5.32 Å². The second-order valence-corrected chi connectivity index (χ2v) is 5.26. The van der Waals surface area contributed by atoms with Crippen LogP contribution in [0.5, 0.6) is 0 Å². The molecule has 4 nitrogen and oxygen atoms in total. The molecule has 0 saturated heterocycles. The van der Waals surface area contributed by atoms with Crippen molar-refractivity contribution in [1.82, 2.24) is 4.37 Å². The average Bonchev–Trinajstić information content (AvgIpc) is 2.82. The molecule has 0 aliphatic carbocycles. The van der Waals surface area contributed by atoms with Crippen LogP contribution in [0, 0.1) is 6.92 Å². The first-order valence-corrected chi connectivity index (χ1v) is 6.88. The van der Waals surface area contributed by atoms with Crippen LogP contribution in [0.3, 0.4) is 0 Å². The second-order valence-electron chi connectivity index (χ2n) is 4.49. The predicted octanol–water partition coefficient (Wildman–Crippen LogP) is 4.05. The van der Waals surface area contributed by atoms with Crippen molar-refractivity contribution in [3.63, 3.8) is 0 Å². The number of carboxylic acids is 1. The van der Waals surface area contributed by atoms with Crippen molar-refractivity contribution in [2.24, 2.45) is 0 Å². The summed E-state index contributed by atoms with van der Waals surface area (Å²) in [4.78, 5) is 11.0. The molecule has 0 fully saturated rings. The van der Waals surface area contributed by atoms with E-state index in [1.54, 1.807) is 19.1 Å². The van der Waals surface area contributed by atoms with Gasteiger partial charge in [-0.25, -0.2) is 4.79 Å². The minimum absolute atomic E-state index is 0.324. The number of aryl methyl sites for hydroxylation is 1. The number of carboxylic acid groups (broad SMARTS) is 1. The number of fused-ring (bicyclic) bond motifs is 1. The van der Waals surface area contributed by atoms with Gasteiger partial charge in [0.05, 0.1) is 11.1 Å². The second kappa shape index (κ2) is 4.94. The van der Waals surface area contributed by atoms with Gasteiger partial charge in [0.1, 0.15) is 5.00 Å². The molecule has 2 aromatic carbocycles. The molecule has 1 heterocycles. The molecule has 0 bridgehead atoms. The van der Waals surface area contributed by atoms with E-state index < -0.39 is 5.97 Å². The summed E-state index contributed by atoms with van der Waals surface area (Å²) < 4.78 is 4.37. The number of hydrogen-bond acceptors (Lipinski definition) is 4. The minimum atomic E-state index is -0.905. The van der Waals surface area contributed by atoms with E-state index in [9.17, 15) is 4.79 Å². The van der Waals surface area contributed by atoms with E-state index >= 15 is 0 Å². The van der Waals surface area contributed by atoms with Crippen LogP contribution in [-0.2, 0) is 0 Å². The van der Waals surface area contributed by atoms with Crippen LogP contribution in [0.4, 0.5) is 10.7 Å². The van der Waals surface area contributed by atoms with E-state index in [1.165, 1.54) is 11.5 Å². The molecule has 1 aromatic heterocycles. The monoisotopic (exact) mass is 284 g/mol. The van der Waals surface area contributed by atoms with Gasteiger partial charge in [-0.1, -0.05) is 12.1 Å². The number of aromatic nitrogens is 1. The van der Waals surface area contributed by atoms with Crippen LogP contribution >= 0.6 is 11.5 Å². The summed E-state index contributed by atoms with van der Waals surface area (Å²) >= 11 is 1.40. The summed E-state index contributed by atoms with van der Waals surface area (Å²) in [5, 5.41) is 14.4. The van der Waals surface area contributed by atoms with Gasteiger partial charge in [0.2, 0.25) is 0 Å². The van der Waals surface area contributed by atoms with Crippen molar-refractivity contribution >= 4 is 39.1 Å². The van der Waals surface area contributed by atoms with Gasteiger partial charge in [0, 0.05) is 11.1 Å². The average molecular weight is 284 g/mol. The minimum Gasteiger partial charge on any atom is -0.478 e. The SMILES string of the molecule is Cc1cc(Nc2snc3ccccc23)ccc1C(=O)O. The lowest BCUT2D eigenvalue weighted by Crippen LogP contribution is -2.00. The fraction of sp³-hybridized carbons (Fsp3) is 0.0667. The molecule has 5 heteroatoms. The molecule has 100 valence electrons. The van der Waals surface area contributed by atoms with E-state index in [0.717, 1.165) is 27.2 Å². The van der Waals surface area contributed by atoms with Crippen molar-refractivity contribution < 1.29 is 9.90 Å². The molecule has 0 amide bonds. The predicted molar refractivity (Wildman–Crippen MR) is 81.0 cm³/mol. The first kappa shape index (κ1) is 12.6. The highest BCUT2D eigenvalue weighted by Crippen LogP contribution is 2.30. The molecule has 20 heavy (non-hydrogen) atoms. The normalized spacial score (nSPS) is 10.7. The number of nitrogens with one attached hydrogen (secondary N) is 1. The van der Waals surface area contributed by atoms with Crippen LogP contribution in [0.1, 0.15) is 15.9 Å². The number of anilines is 2. The zero-order chi connectivity index (χ0) is 14.1. The Morgan fingerprint density at radius 3 is 2.80 bits per heavy atom. The fourth-order valence-corrected chi connectivity index (χ4v) is 2.88. The van der Waals surface area contributed by atoms with E-state index in [2.05, 4.69) is 9.69 Å². The maximum absolute atomic E-state index is 11.0. The highest BCUT2D eigenvalue weighted by Gasteiger charge is 2.09. The summed E-state index contributed by atoms with van der Waals surface area (Å²) in [6.45, 7) is 1.79. The number of hydrogen-bond donors (Lipinski definition) is 2. The maximum Gasteiger partial charge on any atom is 0.335 e. The molecule has 0 unspecified atom stereocenters. The van der Waals surface area contributed by atoms with E-state index in [-0.39, 0.29) is 0 Å². The molecular weight excluding hydrogens is 272 g/mol. The first-order valence-electron chi connectivity index (χ1n) is 6.10. The summed E-state index contributed by atoms with van der Waals surface area (Å²) in [5.41, 5.74) is 2.88. The third-order valence-corrected chi connectivity index (χ3v) is 3.89. The third-order valence-electron chi connectivity index (χ3n) is 3.10.